The second kappa shape index (κ2) is 5.43. The topological polar surface area (TPSA) is 21.3 Å². The molecule has 2 aliphatic rings. The van der Waals surface area contributed by atoms with Crippen molar-refractivity contribution in [2.45, 2.75) is 58.9 Å². The molecule has 1 aliphatic heterocycles. The summed E-state index contributed by atoms with van der Waals surface area (Å²) in [7, 11) is 0. The van der Waals surface area contributed by atoms with Crippen LogP contribution >= 0.6 is 0 Å². The number of hydrogen-bond acceptors (Lipinski definition) is 2. The van der Waals surface area contributed by atoms with Crippen molar-refractivity contribution in [3.05, 3.63) is 11.8 Å². The zero-order chi connectivity index (χ0) is 12.3. The minimum Gasteiger partial charge on any atom is -0.497 e. The first-order valence-electron chi connectivity index (χ1n) is 7.21. The lowest BCUT2D eigenvalue weighted by Crippen LogP contribution is -2.43. The third-order valence-corrected chi connectivity index (χ3v) is 4.44. The molecule has 1 aliphatic carbocycles. The van der Waals surface area contributed by atoms with Crippen molar-refractivity contribution >= 4 is 0 Å². The Hall–Kier alpha value is -0.500. The molecule has 0 radical (unpaired) electrons. The molecule has 0 spiro atoms. The van der Waals surface area contributed by atoms with Crippen molar-refractivity contribution in [1.29, 1.82) is 0 Å². The second-order valence-electron chi connectivity index (χ2n) is 6.12. The third kappa shape index (κ3) is 2.85. The van der Waals surface area contributed by atoms with E-state index >= 15 is 0 Å². The van der Waals surface area contributed by atoms with Gasteiger partial charge in [0.05, 0.1) is 12.6 Å². The highest BCUT2D eigenvalue weighted by Gasteiger charge is 2.41. The summed E-state index contributed by atoms with van der Waals surface area (Å²) in [5, 5.41) is 3.66. The number of rotatable bonds is 4. The normalized spacial score (nSPS) is 29.6. The third-order valence-electron chi connectivity index (χ3n) is 4.44. The number of nitrogens with one attached hydrogen (secondary N) is 1. The van der Waals surface area contributed by atoms with E-state index in [1.807, 2.05) is 0 Å². The van der Waals surface area contributed by atoms with Crippen molar-refractivity contribution in [3.63, 3.8) is 0 Å². The van der Waals surface area contributed by atoms with Crippen LogP contribution in [0.5, 0.6) is 0 Å². The number of ether oxygens (including phenoxy) is 1. The Morgan fingerprint density at radius 1 is 1.47 bits per heavy atom. The van der Waals surface area contributed by atoms with Crippen molar-refractivity contribution in [1.82, 2.24) is 5.32 Å². The van der Waals surface area contributed by atoms with Crippen LogP contribution < -0.4 is 5.32 Å². The lowest BCUT2D eigenvalue weighted by atomic mass is 9.76. The van der Waals surface area contributed by atoms with Crippen LogP contribution in [0.4, 0.5) is 0 Å². The van der Waals surface area contributed by atoms with Gasteiger partial charge in [-0.2, -0.15) is 0 Å². The maximum Gasteiger partial charge on any atom is 0.109 e. The van der Waals surface area contributed by atoms with Crippen LogP contribution in [-0.4, -0.2) is 19.2 Å². The Bertz CT molecular complexity index is 283. The Labute approximate surface area is 106 Å². The zero-order valence-electron chi connectivity index (χ0n) is 11.6. The number of allylic oxidation sites excluding steroid dienone is 1. The van der Waals surface area contributed by atoms with Gasteiger partial charge < -0.3 is 10.1 Å². The molecule has 2 atom stereocenters. The fraction of sp³-hybridized carbons (Fsp3) is 0.867. The van der Waals surface area contributed by atoms with Crippen LogP contribution in [0.15, 0.2) is 11.8 Å². The molecule has 0 aromatic rings. The van der Waals surface area contributed by atoms with Crippen molar-refractivity contribution in [3.8, 4) is 0 Å². The van der Waals surface area contributed by atoms with Gasteiger partial charge in [0.25, 0.3) is 0 Å². The van der Waals surface area contributed by atoms with Crippen LogP contribution in [-0.2, 0) is 4.74 Å². The molecule has 17 heavy (non-hydrogen) atoms. The summed E-state index contributed by atoms with van der Waals surface area (Å²) in [4.78, 5) is 0. The Kier molecular flexibility index (Phi) is 4.13. The van der Waals surface area contributed by atoms with Crippen molar-refractivity contribution in [2.75, 3.05) is 13.2 Å². The highest BCUT2D eigenvalue weighted by molar-refractivity contribution is 5.11. The number of likely N-dealkylation sites (N-methyl/N-ethyl adjacent to an activating group) is 1. The van der Waals surface area contributed by atoms with Crippen LogP contribution in [0, 0.1) is 11.3 Å². The maximum absolute atomic E-state index is 5.90. The molecule has 0 bridgehead atoms. The van der Waals surface area contributed by atoms with Crippen molar-refractivity contribution < 1.29 is 4.74 Å². The SMILES string of the molecule is CCNC(C1=CCCCO1)C1CCCC1(C)C. The fourth-order valence-electron chi connectivity index (χ4n) is 3.43. The average Bonchev–Trinajstić information content (AvgIpc) is 2.67. The van der Waals surface area contributed by atoms with Crippen LogP contribution in [0.2, 0.25) is 0 Å². The first-order chi connectivity index (χ1) is 8.15. The first-order valence-corrected chi connectivity index (χ1v) is 7.21. The summed E-state index contributed by atoms with van der Waals surface area (Å²) in [5.41, 5.74) is 0.453. The molecule has 1 N–H and O–H groups in total. The summed E-state index contributed by atoms with van der Waals surface area (Å²) >= 11 is 0. The summed E-state index contributed by atoms with van der Waals surface area (Å²) in [5.74, 6) is 1.95. The predicted molar refractivity (Wildman–Crippen MR) is 71.9 cm³/mol. The lowest BCUT2D eigenvalue weighted by Gasteiger charge is -2.36. The highest BCUT2D eigenvalue weighted by atomic mass is 16.5. The smallest absolute Gasteiger partial charge is 0.109 e. The van der Waals surface area contributed by atoms with Gasteiger partial charge in [-0.25, -0.2) is 0 Å². The largest absolute Gasteiger partial charge is 0.497 e. The van der Waals surface area contributed by atoms with Gasteiger partial charge in [0.15, 0.2) is 0 Å². The van der Waals surface area contributed by atoms with E-state index in [9.17, 15) is 0 Å². The predicted octanol–water partition coefficient (Wildman–Crippen LogP) is 3.49. The summed E-state index contributed by atoms with van der Waals surface area (Å²) in [6, 6.07) is 0.442. The lowest BCUT2D eigenvalue weighted by molar-refractivity contribution is 0.121. The van der Waals surface area contributed by atoms with Gasteiger partial charge in [0.2, 0.25) is 0 Å². The number of hydrogen-bond donors (Lipinski definition) is 1. The molecule has 0 amide bonds. The van der Waals surface area contributed by atoms with E-state index in [1.165, 1.54) is 37.9 Å². The average molecular weight is 237 g/mol. The molecular weight excluding hydrogens is 210 g/mol. The molecule has 2 rings (SSSR count). The molecule has 1 fully saturated rings. The van der Waals surface area contributed by atoms with E-state index in [-0.39, 0.29) is 0 Å². The van der Waals surface area contributed by atoms with Gasteiger partial charge in [-0.15, -0.1) is 0 Å². The van der Waals surface area contributed by atoms with Gasteiger partial charge in [-0.05, 0) is 49.6 Å². The first kappa shape index (κ1) is 12.9. The minimum absolute atomic E-state index is 0.442. The summed E-state index contributed by atoms with van der Waals surface area (Å²) < 4.78 is 5.90. The Morgan fingerprint density at radius 3 is 2.82 bits per heavy atom. The van der Waals surface area contributed by atoms with Gasteiger partial charge >= 0.3 is 0 Å². The van der Waals surface area contributed by atoms with E-state index in [0.717, 1.165) is 19.1 Å². The van der Waals surface area contributed by atoms with Gasteiger partial charge in [0, 0.05) is 0 Å². The molecule has 2 nitrogen and oxygen atoms in total. The monoisotopic (exact) mass is 237 g/mol. The van der Waals surface area contributed by atoms with Gasteiger partial charge in [-0.1, -0.05) is 27.2 Å². The second-order valence-corrected chi connectivity index (χ2v) is 6.12. The molecular formula is C15H27NO. The molecule has 0 saturated heterocycles. The van der Waals surface area contributed by atoms with Crippen molar-refractivity contribution in [2.24, 2.45) is 11.3 Å². The molecule has 1 saturated carbocycles. The van der Waals surface area contributed by atoms with E-state index in [2.05, 4.69) is 32.2 Å². The Morgan fingerprint density at radius 2 is 2.29 bits per heavy atom. The molecule has 1 heterocycles. The quantitative estimate of drug-likeness (QED) is 0.808. The van der Waals surface area contributed by atoms with E-state index < -0.39 is 0 Å². The minimum atomic E-state index is 0.442. The van der Waals surface area contributed by atoms with E-state index in [4.69, 9.17) is 4.74 Å². The highest BCUT2D eigenvalue weighted by Crippen LogP contribution is 2.46. The van der Waals surface area contributed by atoms with E-state index in [0.29, 0.717) is 11.5 Å². The standard InChI is InChI=1S/C15H27NO/c1-4-16-14(13-9-5-6-11-17-13)12-8-7-10-15(12,2)3/h9,12,14,16H,4-8,10-11H2,1-3H3. The molecule has 0 aromatic carbocycles. The molecule has 0 aromatic heterocycles. The zero-order valence-corrected chi connectivity index (χ0v) is 11.6. The van der Waals surface area contributed by atoms with Gasteiger partial charge in [-0.3, -0.25) is 0 Å². The van der Waals surface area contributed by atoms with Crippen LogP contribution in [0.1, 0.15) is 52.9 Å². The Balaban J connectivity index is 2.13. The summed E-state index contributed by atoms with van der Waals surface area (Å²) in [6.07, 6.45) is 8.73. The molecule has 98 valence electrons. The maximum atomic E-state index is 5.90. The fourth-order valence-corrected chi connectivity index (χ4v) is 3.43. The molecule has 2 heteroatoms. The molecule has 2 unspecified atom stereocenters. The summed E-state index contributed by atoms with van der Waals surface area (Å²) in [6.45, 7) is 8.95. The van der Waals surface area contributed by atoms with Gasteiger partial charge in [0.1, 0.15) is 5.76 Å². The van der Waals surface area contributed by atoms with Crippen LogP contribution in [0.25, 0.3) is 0 Å². The van der Waals surface area contributed by atoms with E-state index in [1.54, 1.807) is 0 Å². The van der Waals surface area contributed by atoms with Crippen LogP contribution in [0.3, 0.4) is 0 Å².